The summed E-state index contributed by atoms with van der Waals surface area (Å²) in [6.07, 6.45) is 1.82. The first-order valence-electron chi connectivity index (χ1n) is 8.41. The van der Waals surface area contributed by atoms with Crippen LogP contribution in [0, 0.1) is 0 Å². The summed E-state index contributed by atoms with van der Waals surface area (Å²) < 4.78 is 11.5. The molecule has 0 atom stereocenters. The molecule has 0 spiro atoms. The van der Waals surface area contributed by atoms with E-state index >= 15 is 0 Å². The number of para-hydroxylation sites is 1. The minimum atomic E-state index is -0.129. The third kappa shape index (κ3) is 4.24. The van der Waals surface area contributed by atoms with Crippen LogP contribution >= 0.6 is 27.7 Å². The van der Waals surface area contributed by atoms with Gasteiger partial charge in [0.05, 0.1) is 29.3 Å². The van der Waals surface area contributed by atoms with Crippen LogP contribution < -0.4 is 9.47 Å². The summed E-state index contributed by atoms with van der Waals surface area (Å²) in [5.41, 5.74) is 1.61. The minimum Gasteiger partial charge on any atom is -0.493 e. The van der Waals surface area contributed by atoms with E-state index in [4.69, 9.17) is 9.47 Å². The summed E-state index contributed by atoms with van der Waals surface area (Å²) >= 11 is 4.82. The first-order chi connectivity index (χ1) is 13.4. The van der Waals surface area contributed by atoms with Crippen molar-refractivity contribution in [2.24, 2.45) is 4.99 Å². The predicted molar refractivity (Wildman–Crippen MR) is 117 cm³/mol. The van der Waals surface area contributed by atoms with Gasteiger partial charge in [-0.1, -0.05) is 18.2 Å². The van der Waals surface area contributed by atoms with E-state index in [0.717, 1.165) is 15.7 Å². The molecular weight excluding hydrogens is 442 g/mol. The molecule has 3 rings (SSSR count). The van der Waals surface area contributed by atoms with Crippen LogP contribution in [0.15, 0.2) is 56.8 Å². The Bertz CT molecular complexity index is 945. The molecule has 0 unspecified atom stereocenters. The molecule has 0 bridgehead atoms. The van der Waals surface area contributed by atoms with Crippen LogP contribution in [0.1, 0.15) is 5.56 Å². The minimum absolute atomic E-state index is 0.129. The fourth-order valence-corrected chi connectivity index (χ4v) is 4.35. The summed E-state index contributed by atoms with van der Waals surface area (Å²) in [5.74, 6) is 1.06. The molecule has 1 aliphatic rings. The SMILES string of the molecule is COc1cc(/C=C2/SC(=Nc3ccccc3)N(N(C)C)C2=O)cc(Br)c1OC. The van der Waals surface area contributed by atoms with E-state index in [9.17, 15) is 4.79 Å². The number of benzene rings is 2. The molecule has 1 amide bonds. The smallest absolute Gasteiger partial charge is 0.281 e. The number of amidine groups is 1. The maximum atomic E-state index is 13.0. The number of amides is 1. The molecule has 1 heterocycles. The Balaban J connectivity index is 2.00. The lowest BCUT2D eigenvalue weighted by Crippen LogP contribution is -2.40. The Hall–Kier alpha value is -2.29. The third-order valence-corrected chi connectivity index (χ3v) is 5.47. The van der Waals surface area contributed by atoms with E-state index < -0.39 is 0 Å². The molecule has 8 heteroatoms. The summed E-state index contributed by atoms with van der Waals surface area (Å²) in [4.78, 5) is 18.2. The van der Waals surface area contributed by atoms with Crippen molar-refractivity contribution in [3.63, 3.8) is 0 Å². The van der Waals surface area contributed by atoms with Crippen LogP contribution in [0.4, 0.5) is 5.69 Å². The van der Waals surface area contributed by atoms with Crippen molar-refractivity contribution in [3.8, 4) is 11.5 Å². The normalized spacial score (nSPS) is 17.1. The molecule has 0 radical (unpaired) electrons. The summed E-state index contributed by atoms with van der Waals surface area (Å²) in [6.45, 7) is 0. The summed E-state index contributed by atoms with van der Waals surface area (Å²) in [5, 5.41) is 3.88. The molecular formula is C20H20BrN3O3S. The molecule has 0 N–H and O–H groups in total. The Morgan fingerprint density at radius 1 is 1.14 bits per heavy atom. The lowest BCUT2D eigenvalue weighted by Gasteiger charge is -2.22. The predicted octanol–water partition coefficient (Wildman–Crippen LogP) is 4.55. The number of hydrogen-bond donors (Lipinski definition) is 0. The highest BCUT2D eigenvalue weighted by molar-refractivity contribution is 9.10. The lowest BCUT2D eigenvalue weighted by atomic mass is 10.2. The van der Waals surface area contributed by atoms with Gasteiger partial charge >= 0.3 is 0 Å². The lowest BCUT2D eigenvalue weighted by molar-refractivity contribution is -0.130. The number of carbonyl (C=O) groups excluding carboxylic acids is 1. The highest BCUT2D eigenvalue weighted by atomic mass is 79.9. The molecule has 2 aromatic carbocycles. The zero-order chi connectivity index (χ0) is 20.3. The zero-order valence-corrected chi connectivity index (χ0v) is 18.4. The largest absolute Gasteiger partial charge is 0.493 e. The van der Waals surface area contributed by atoms with Gasteiger partial charge in [-0.2, -0.15) is 0 Å². The van der Waals surface area contributed by atoms with Gasteiger partial charge in [-0.25, -0.2) is 15.0 Å². The molecule has 0 saturated carbocycles. The number of nitrogens with zero attached hydrogens (tertiary/aromatic N) is 3. The number of thioether (sulfide) groups is 1. The van der Waals surface area contributed by atoms with Gasteiger partial charge < -0.3 is 9.47 Å². The molecule has 2 aromatic rings. The number of carbonyl (C=O) groups is 1. The highest BCUT2D eigenvalue weighted by Crippen LogP contribution is 2.39. The Kier molecular flexibility index (Phi) is 6.43. The van der Waals surface area contributed by atoms with Crippen molar-refractivity contribution in [2.45, 2.75) is 0 Å². The van der Waals surface area contributed by atoms with Crippen molar-refractivity contribution < 1.29 is 14.3 Å². The Morgan fingerprint density at radius 2 is 1.86 bits per heavy atom. The molecule has 6 nitrogen and oxygen atoms in total. The number of halogens is 1. The highest BCUT2D eigenvalue weighted by Gasteiger charge is 2.35. The maximum absolute atomic E-state index is 13.0. The maximum Gasteiger partial charge on any atom is 0.281 e. The average molecular weight is 462 g/mol. The van der Waals surface area contributed by atoms with E-state index in [-0.39, 0.29) is 5.91 Å². The molecule has 1 aliphatic heterocycles. The molecule has 1 fully saturated rings. The van der Waals surface area contributed by atoms with Gasteiger partial charge in [0.15, 0.2) is 16.7 Å². The van der Waals surface area contributed by atoms with Gasteiger partial charge in [0.2, 0.25) is 0 Å². The number of rotatable bonds is 5. The molecule has 0 aromatic heterocycles. The monoisotopic (exact) mass is 461 g/mol. The van der Waals surface area contributed by atoms with Crippen LogP contribution in [-0.2, 0) is 4.79 Å². The number of ether oxygens (including phenoxy) is 2. The fourth-order valence-electron chi connectivity index (χ4n) is 2.68. The van der Waals surface area contributed by atoms with Crippen molar-refractivity contribution in [3.05, 3.63) is 57.4 Å². The molecule has 146 valence electrons. The summed E-state index contributed by atoms with van der Waals surface area (Å²) in [6, 6.07) is 13.3. The van der Waals surface area contributed by atoms with Crippen LogP contribution in [0.25, 0.3) is 6.08 Å². The second kappa shape index (κ2) is 8.81. The third-order valence-electron chi connectivity index (χ3n) is 3.92. The fraction of sp³-hybridized carbons (Fsp3) is 0.200. The standard InChI is InChI=1S/C20H20BrN3O3S/c1-23(2)24-19(25)17(28-20(24)22-14-8-6-5-7-9-14)12-13-10-15(21)18(27-4)16(11-13)26-3/h5-12H,1-4H3/b17-12+,22-20?. The van der Waals surface area contributed by atoms with Crippen LogP contribution in [0.3, 0.4) is 0 Å². The number of hydrazine groups is 1. The van der Waals surface area contributed by atoms with Crippen molar-refractivity contribution in [1.29, 1.82) is 0 Å². The van der Waals surface area contributed by atoms with Gasteiger partial charge in [0, 0.05) is 14.1 Å². The second-order valence-electron chi connectivity index (χ2n) is 6.04. The van der Waals surface area contributed by atoms with E-state index in [1.54, 1.807) is 24.2 Å². The number of aliphatic imine (C=N–C) groups is 1. The van der Waals surface area contributed by atoms with E-state index in [0.29, 0.717) is 21.6 Å². The molecule has 0 aliphatic carbocycles. The van der Waals surface area contributed by atoms with Gasteiger partial charge in [0.25, 0.3) is 5.91 Å². The van der Waals surface area contributed by atoms with Crippen LogP contribution in [0.2, 0.25) is 0 Å². The van der Waals surface area contributed by atoms with Crippen molar-refractivity contribution in [1.82, 2.24) is 10.0 Å². The van der Waals surface area contributed by atoms with Gasteiger partial charge in [0.1, 0.15) is 0 Å². The second-order valence-corrected chi connectivity index (χ2v) is 7.91. The van der Waals surface area contributed by atoms with Crippen LogP contribution in [0.5, 0.6) is 11.5 Å². The first kappa shape index (κ1) is 20.4. The van der Waals surface area contributed by atoms with Crippen LogP contribution in [-0.4, -0.2) is 49.4 Å². The zero-order valence-electron chi connectivity index (χ0n) is 16.0. The first-order valence-corrected chi connectivity index (χ1v) is 10.0. The van der Waals surface area contributed by atoms with Crippen molar-refractivity contribution >= 4 is 50.5 Å². The molecule has 1 saturated heterocycles. The van der Waals surface area contributed by atoms with E-state index in [2.05, 4.69) is 20.9 Å². The van der Waals surface area contributed by atoms with Crippen molar-refractivity contribution in [2.75, 3.05) is 28.3 Å². The van der Waals surface area contributed by atoms with Gasteiger partial charge in [-0.3, -0.25) is 4.79 Å². The quantitative estimate of drug-likeness (QED) is 0.611. The number of hydrogen-bond acceptors (Lipinski definition) is 6. The van der Waals surface area contributed by atoms with Gasteiger partial charge in [-0.05, 0) is 63.6 Å². The average Bonchev–Trinajstić information content (AvgIpc) is 2.97. The van der Waals surface area contributed by atoms with Gasteiger partial charge in [-0.15, -0.1) is 0 Å². The topological polar surface area (TPSA) is 54.4 Å². The Labute approximate surface area is 176 Å². The number of methoxy groups -OCH3 is 2. The van der Waals surface area contributed by atoms with E-state index in [1.165, 1.54) is 11.8 Å². The molecule has 28 heavy (non-hydrogen) atoms. The summed E-state index contributed by atoms with van der Waals surface area (Å²) in [7, 11) is 6.79. The van der Waals surface area contributed by atoms with E-state index in [1.807, 2.05) is 62.6 Å². The Morgan fingerprint density at radius 3 is 2.46 bits per heavy atom.